The number of nitrogens with one attached hydrogen (secondary N) is 1. The maximum Gasteiger partial charge on any atom is 0.264 e. The first-order valence-corrected chi connectivity index (χ1v) is 15.3. The lowest BCUT2D eigenvalue weighted by atomic mass is 10.1. The third-order valence-corrected chi connectivity index (χ3v) is 9.19. The number of halogens is 3. The molecule has 0 aliphatic rings. The molecule has 7 nitrogen and oxygen atoms in total. The normalized spacial score (nSPS) is 12.1. The molecule has 0 bridgehead atoms. The van der Waals surface area contributed by atoms with E-state index in [1.165, 1.54) is 23.1 Å². The smallest absolute Gasteiger partial charge is 0.264 e. The van der Waals surface area contributed by atoms with E-state index in [2.05, 4.69) is 5.32 Å². The number of rotatable bonds is 11. The number of sulfonamides is 1. The number of hydrogen-bond acceptors (Lipinski definition) is 4. The Morgan fingerprint density at radius 2 is 1.60 bits per heavy atom. The van der Waals surface area contributed by atoms with Gasteiger partial charge in [0.05, 0.1) is 10.6 Å². The predicted octanol–water partition coefficient (Wildman–Crippen LogP) is 6.40. The molecule has 1 N–H and O–H groups in total. The Labute approximate surface area is 251 Å². The van der Waals surface area contributed by atoms with E-state index >= 15 is 0 Å². The van der Waals surface area contributed by atoms with Gasteiger partial charge in [0.1, 0.15) is 12.6 Å². The van der Waals surface area contributed by atoms with Crippen LogP contribution in [0.5, 0.6) is 0 Å². The standard InChI is InChI=1S/C29H32Cl3N3O4S/c1-5-14-33-29(37)21(4)34(17-22-9-10-23(30)15-27(22)32)28(36)18-35(24-11-8-20(3)26(31)16-24)40(38,39)25-12-6-19(2)7-13-25/h6-13,15-16,21H,5,14,17-18H2,1-4H3,(H,33,37)/t21-/m1/s1. The van der Waals surface area contributed by atoms with Crippen molar-refractivity contribution >= 4 is 62.3 Å². The van der Waals surface area contributed by atoms with Crippen LogP contribution >= 0.6 is 34.8 Å². The maximum absolute atomic E-state index is 14.0. The Morgan fingerprint density at radius 1 is 0.925 bits per heavy atom. The number of amides is 2. The van der Waals surface area contributed by atoms with Crippen LogP contribution in [0.3, 0.4) is 0 Å². The van der Waals surface area contributed by atoms with Gasteiger partial charge in [-0.25, -0.2) is 8.42 Å². The van der Waals surface area contributed by atoms with E-state index in [4.69, 9.17) is 34.8 Å². The van der Waals surface area contributed by atoms with E-state index in [-0.39, 0.29) is 23.0 Å². The van der Waals surface area contributed by atoms with Crippen molar-refractivity contribution in [2.75, 3.05) is 17.4 Å². The highest BCUT2D eigenvalue weighted by Crippen LogP contribution is 2.29. The number of aryl methyl sites for hydroxylation is 2. The summed E-state index contributed by atoms with van der Waals surface area (Å²) in [5.41, 5.74) is 2.42. The number of carbonyl (C=O) groups excluding carboxylic acids is 2. The van der Waals surface area contributed by atoms with Gasteiger partial charge in [-0.3, -0.25) is 13.9 Å². The Hall–Kier alpha value is -2.78. The molecule has 0 saturated heterocycles. The van der Waals surface area contributed by atoms with Crippen molar-refractivity contribution in [1.82, 2.24) is 10.2 Å². The van der Waals surface area contributed by atoms with E-state index in [9.17, 15) is 18.0 Å². The molecule has 0 aromatic heterocycles. The van der Waals surface area contributed by atoms with Crippen molar-refractivity contribution in [3.05, 3.63) is 92.4 Å². The molecule has 0 spiro atoms. The number of benzene rings is 3. The van der Waals surface area contributed by atoms with E-state index < -0.39 is 28.5 Å². The molecule has 40 heavy (non-hydrogen) atoms. The lowest BCUT2D eigenvalue weighted by Crippen LogP contribution is -2.51. The molecule has 3 aromatic rings. The van der Waals surface area contributed by atoms with Crippen LogP contribution in [0, 0.1) is 13.8 Å². The van der Waals surface area contributed by atoms with Crippen LogP contribution < -0.4 is 9.62 Å². The van der Waals surface area contributed by atoms with Gasteiger partial charge in [-0.15, -0.1) is 0 Å². The zero-order chi connectivity index (χ0) is 29.6. The highest BCUT2D eigenvalue weighted by atomic mass is 35.5. The molecule has 0 radical (unpaired) electrons. The van der Waals surface area contributed by atoms with Crippen LogP contribution in [0.2, 0.25) is 15.1 Å². The zero-order valence-electron chi connectivity index (χ0n) is 22.7. The SMILES string of the molecule is CCCNC(=O)[C@@H](C)N(Cc1ccc(Cl)cc1Cl)C(=O)CN(c1ccc(C)c(Cl)c1)S(=O)(=O)c1ccc(C)cc1. The molecule has 0 aliphatic carbocycles. The molecule has 0 fully saturated rings. The molecular formula is C29H32Cl3N3O4S. The molecule has 0 unspecified atom stereocenters. The first-order chi connectivity index (χ1) is 18.8. The lowest BCUT2D eigenvalue weighted by Gasteiger charge is -2.32. The zero-order valence-corrected chi connectivity index (χ0v) is 25.8. The average Bonchev–Trinajstić information content (AvgIpc) is 2.91. The maximum atomic E-state index is 14.0. The molecule has 11 heteroatoms. The quantitative estimate of drug-likeness (QED) is 0.267. The third kappa shape index (κ3) is 7.69. The molecule has 3 rings (SSSR count). The van der Waals surface area contributed by atoms with Gasteiger partial charge in [-0.2, -0.15) is 0 Å². The Kier molecular flexibility index (Phi) is 10.9. The first kappa shape index (κ1) is 31.7. The molecule has 0 heterocycles. The van der Waals surface area contributed by atoms with Gasteiger partial charge in [0.2, 0.25) is 11.8 Å². The molecule has 1 atom stereocenters. The summed E-state index contributed by atoms with van der Waals surface area (Å²) in [5.74, 6) is -0.968. The first-order valence-electron chi connectivity index (χ1n) is 12.7. The molecular weight excluding hydrogens is 593 g/mol. The van der Waals surface area contributed by atoms with E-state index in [1.807, 2.05) is 13.8 Å². The summed E-state index contributed by atoms with van der Waals surface area (Å²) in [6.07, 6.45) is 0.714. The van der Waals surface area contributed by atoms with Crippen molar-refractivity contribution in [1.29, 1.82) is 0 Å². The van der Waals surface area contributed by atoms with Crippen molar-refractivity contribution in [3.8, 4) is 0 Å². The average molecular weight is 625 g/mol. The van der Waals surface area contributed by atoms with Gasteiger partial charge >= 0.3 is 0 Å². The van der Waals surface area contributed by atoms with Gasteiger partial charge < -0.3 is 10.2 Å². The number of carbonyl (C=O) groups is 2. The summed E-state index contributed by atoms with van der Waals surface area (Å²) in [6, 6.07) is 15.1. The Balaban J connectivity index is 2.06. The van der Waals surface area contributed by atoms with Crippen molar-refractivity contribution < 1.29 is 18.0 Å². The fourth-order valence-corrected chi connectivity index (χ4v) is 5.96. The summed E-state index contributed by atoms with van der Waals surface area (Å²) in [4.78, 5) is 28.2. The fraction of sp³-hybridized carbons (Fsp3) is 0.310. The van der Waals surface area contributed by atoms with E-state index in [0.29, 0.717) is 33.6 Å². The van der Waals surface area contributed by atoms with Crippen LogP contribution in [-0.2, 0) is 26.2 Å². The monoisotopic (exact) mass is 623 g/mol. The molecule has 2 amide bonds. The largest absolute Gasteiger partial charge is 0.354 e. The van der Waals surface area contributed by atoms with Gasteiger partial charge in [-0.05, 0) is 74.7 Å². The number of anilines is 1. The van der Waals surface area contributed by atoms with Gasteiger partial charge in [0.15, 0.2) is 0 Å². The summed E-state index contributed by atoms with van der Waals surface area (Å²) < 4.78 is 28.8. The van der Waals surface area contributed by atoms with E-state index in [0.717, 1.165) is 15.4 Å². The van der Waals surface area contributed by atoms with E-state index in [1.54, 1.807) is 56.3 Å². The summed E-state index contributed by atoms with van der Waals surface area (Å²) in [6.45, 7) is 6.97. The third-order valence-electron chi connectivity index (χ3n) is 6.40. The molecule has 214 valence electrons. The van der Waals surface area contributed by atoms with Crippen LogP contribution in [0.25, 0.3) is 0 Å². The van der Waals surface area contributed by atoms with Gasteiger partial charge in [-0.1, -0.05) is 71.6 Å². The van der Waals surface area contributed by atoms with Gasteiger partial charge in [0, 0.05) is 28.2 Å². The topological polar surface area (TPSA) is 86.8 Å². The Bertz CT molecular complexity index is 1480. The minimum Gasteiger partial charge on any atom is -0.354 e. The molecule has 0 aliphatic heterocycles. The van der Waals surface area contributed by atoms with Crippen molar-refractivity contribution in [2.24, 2.45) is 0 Å². The number of nitrogens with zero attached hydrogens (tertiary/aromatic N) is 2. The molecule has 0 saturated carbocycles. The highest BCUT2D eigenvalue weighted by molar-refractivity contribution is 7.92. The van der Waals surface area contributed by atoms with Crippen LogP contribution in [0.15, 0.2) is 65.6 Å². The van der Waals surface area contributed by atoms with Crippen LogP contribution in [0.4, 0.5) is 5.69 Å². The molecule has 3 aromatic carbocycles. The summed E-state index contributed by atoms with van der Waals surface area (Å²) in [7, 11) is -4.19. The lowest BCUT2D eigenvalue weighted by molar-refractivity contribution is -0.139. The Morgan fingerprint density at radius 3 is 2.20 bits per heavy atom. The van der Waals surface area contributed by atoms with Gasteiger partial charge in [0.25, 0.3) is 10.0 Å². The highest BCUT2D eigenvalue weighted by Gasteiger charge is 2.33. The minimum atomic E-state index is -4.19. The predicted molar refractivity (Wildman–Crippen MR) is 162 cm³/mol. The van der Waals surface area contributed by atoms with Crippen molar-refractivity contribution in [3.63, 3.8) is 0 Å². The second kappa shape index (κ2) is 13.7. The minimum absolute atomic E-state index is 0.0173. The second-order valence-corrected chi connectivity index (χ2v) is 12.6. The summed E-state index contributed by atoms with van der Waals surface area (Å²) in [5, 5.41) is 3.90. The van der Waals surface area contributed by atoms with Crippen LogP contribution in [0.1, 0.15) is 37.0 Å². The van der Waals surface area contributed by atoms with Crippen LogP contribution in [-0.4, -0.2) is 44.3 Å². The fourth-order valence-electron chi connectivity index (χ4n) is 3.92. The number of hydrogen-bond donors (Lipinski definition) is 1. The second-order valence-electron chi connectivity index (χ2n) is 9.48. The van der Waals surface area contributed by atoms with Crippen molar-refractivity contribution in [2.45, 2.75) is 51.6 Å². The summed E-state index contributed by atoms with van der Waals surface area (Å²) >= 11 is 18.8.